The van der Waals surface area contributed by atoms with Crippen LogP contribution in [0.2, 0.25) is 0 Å². The van der Waals surface area contributed by atoms with Crippen molar-refractivity contribution in [1.82, 2.24) is 9.88 Å². The molecule has 23 heavy (non-hydrogen) atoms. The highest BCUT2D eigenvalue weighted by molar-refractivity contribution is 5.80. The first-order chi connectivity index (χ1) is 11.3. The van der Waals surface area contributed by atoms with Crippen molar-refractivity contribution in [3.05, 3.63) is 65.5 Å². The minimum atomic E-state index is 0.0102. The Balaban J connectivity index is 2.04. The van der Waals surface area contributed by atoms with Crippen molar-refractivity contribution in [2.75, 3.05) is 6.54 Å². The highest BCUT2D eigenvalue weighted by Gasteiger charge is 2.33. The van der Waals surface area contributed by atoms with Crippen LogP contribution in [0, 0.1) is 5.92 Å². The third kappa shape index (κ3) is 3.00. The van der Waals surface area contributed by atoms with Gasteiger partial charge in [-0.2, -0.15) is 0 Å². The van der Waals surface area contributed by atoms with Crippen LogP contribution in [0.15, 0.2) is 48.8 Å². The molecule has 1 amide bonds. The van der Waals surface area contributed by atoms with E-state index >= 15 is 0 Å². The molecule has 0 radical (unpaired) electrons. The van der Waals surface area contributed by atoms with Gasteiger partial charge in [0.05, 0.1) is 6.04 Å². The topological polar surface area (TPSA) is 33.2 Å². The summed E-state index contributed by atoms with van der Waals surface area (Å²) >= 11 is 0. The molecule has 0 aliphatic carbocycles. The van der Waals surface area contributed by atoms with Gasteiger partial charge >= 0.3 is 0 Å². The lowest BCUT2D eigenvalue weighted by Gasteiger charge is -2.39. The monoisotopic (exact) mass is 308 g/mol. The normalized spacial score (nSPS) is 17.2. The van der Waals surface area contributed by atoms with Crippen LogP contribution in [-0.4, -0.2) is 22.3 Å². The summed E-state index contributed by atoms with van der Waals surface area (Å²) in [6.45, 7) is 5.00. The van der Waals surface area contributed by atoms with Gasteiger partial charge in [-0.1, -0.05) is 38.1 Å². The summed E-state index contributed by atoms with van der Waals surface area (Å²) < 4.78 is 0. The lowest BCUT2D eigenvalue weighted by molar-refractivity contribution is -0.137. The molecule has 120 valence electrons. The number of hydrogen-bond donors (Lipinski definition) is 0. The maximum absolute atomic E-state index is 13.1. The van der Waals surface area contributed by atoms with E-state index < -0.39 is 0 Å². The molecule has 0 fully saturated rings. The van der Waals surface area contributed by atoms with E-state index in [2.05, 4.69) is 48.0 Å². The molecular formula is C20H24N2O. The molecule has 0 bridgehead atoms. The van der Waals surface area contributed by atoms with Gasteiger partial charge in [-0.05, 0) is 48.1 Å². The Morgan fingerprint density at radius 2 is 1.87 bits per heavy atom. The van der Waals surface area contributed by atoms with E-state index in [0.717, 1.165) is 31.4 Å². The van der Waals surface area contributed by atoms with Gasteiger partial charge in [0.2, 0.25) is 5.91 Å². The lowest BCUT2D eigenvalue weighted by Crippen LogP contribution is -2.43. The van der Waals surface area contributed by atoms with Crippen LogP contribution < -0.4 is 0 Å². The smallest absolute Gasteiger partial charge is 0.226 e. The van der Waals surface area contributed by atoms with Gasteiger partial charge in [-0.25, -0.2) is 0 Å². The molecule has 0 saturated heterocycles. The summed E-state index contributed by atoms with van der Waals surface area (Å²) in [6, 6.07) is 12.6. The number of carbonyl (C=O) groups excluding carboxylic acids is 1. The number of nitrogens with zero attached hydrogens (tertiary/aromatic N) is 2. The van der Waals surface area contributed by atoms with E-state index in [4.69, 9.17) is 0 Å². The van der Waals surface area contributed by atoms with Crippen LogP contribution >= 0.6 is 0 Å². The van der Waals surface area contributed by atoms with Crippen LogP contribution in [-0.2, 0) is 11.2 Å². The second kappa shape index (κ2) is 6.95. The minimum Gasteiger partial charge on any atom is -0.331 e. The van der Waals surface area contributed by atoms with Gasteiger partial charge in [-0.3, -0.25) is 9.78 Å². The quantitative estimate of drug-likeness (QED) is 0.855. The predicted molar refractivity (Wildman–Crippen MR) is 92.0 cm³/mol. The third-order valence-corrected chi connectivity index (χ3v) is 4.92. The molecule has 1 unspecified atom stereocenters. The highest BCUT2D eigenvalue weighted by atomic mass is 16.2. The summed E-state index contributed by atoms with van der Waals surface area (Å²) in [6.07, 6.45) is 6.36. The average Bonchev–Trinajstić information content (AvgIpc) is 2.62. The largest absolute Gasteiger partial charge is 0.331 e. The SMILES string of the molecule is CCC(CC)C(=O)N1CCc2ccccc2C1c1ccncc1. The number of carbonyl (C=O) groups is 1. The fourth-order valence-electron chi connectivity index (χ4n) is 3.58. The fraction of sp³-hybridized carbons (Fsp3) is 0.400. The second-order valence-electron chi connectivity index (χ2n) is 6.18. The van der Waals surface area contributed by atoms with E-state index in [-0.39, 0.29) is 17.9 Å². The molecule has 1 aromatic heterocycles. The van der Waals surface area contributed by atoms with Crippen molar-refractivity contribution < 1.29 is 4.79 Å². The zero-order chi connectivity index (χ0) is 16.2. The van der Waals surface area contributed by atoms with Crippen molar-refractivity contribution >= 4 is 5.91 Å². The van der Waals surface area contributed by atoms with Crippen LogP contribution in [0.3, 0.4) is 0 Å². The first-order valence-corrected chi connectivity index (χ1v) is 8.54. The number of amides is 1. The first kappa shape index (κ1) is 15.7. The molecule has 1 atom stereocenters. The van der Waals surface area contributed by atoms with Crippen LogP contribution in [0.25, 0.3) is 0 Å². The van der Waals surface area contributed by atoms with Gasteiger partial charge in [-0.15, -0.1) is 0 Å². The molecule has 3 rings (SSSR count). The summed E-state index contributed by atoms with van der Waals surface area (Å²) in [7, 11) is 0. The van der Waals surface area contributed by atoms with E-state index in [1.54, 1.807) is 0 Å². The number of hydrogen-bond acceptors (Lipinski definition) is 2. The molecular weight excluding hydrogens is 284 g/mol. The Morgan fingerprint density at radius 1 is 1.17 bits per heavy atom. The van der Waals surface area contributed by atoms with Crippen molar-refractivity contribution in [2.24, 2.45) is 5.92 Å². The molecule has 0 spiro atoms. The van der Waals surface area contributed by atoms with E-state index in [1.165, 1.54) is 11.1 Å². The minimum absolute atomic E-state index is 0.0102. The number of benzene rings is 1. The van der Waals surface area contributed by atoms with E-state index in [1.807, 2.05) is 24.5 Å². The maximum atomic E-state index is 13.1. The van der Waals surface area contributed by atoms with E-state index in [0.29, 0.717) is 0 Å². The summed E-state index contributed by atoms with van der Waals surface area (Å²) in [5, 5.41) is 0. The summed E-state index contributed by atoms with van der Waals surface area (Å²) in [4.78, 5) is 19.3. The molecule has 1 aliphatic heterocycles. The molecule has 0 N–H and O–H groups in total. The second-order valence-corrected chi connectivity index (χ2v) is 6.18. The Morgan fingerprint density at radius 3 is 2.57 bits per heavy atom. The van der Waals surface area contributed by atoms with Gasteiger partial charge < -0.3 is 4.90 Å². The average molecular weight is 308 g/mol. The first-order valence-electron chi connectivity index (χ1n) is 8.54. The number of pyridine rings is 1. The Labute approximate surface area is 138 Å². The zero-order valence-corrected chi connectivity index (χ0v) is 13.9. The van der Waals surface area contributed by atoms with Gasteiger partial charge in [0, 0.05) is 24.9 Å². The van der Waals surface area contributed by atoms with Crippen molar-refractivity contribution in [2.45, 2.75) is 39.2 Å². The van der Waals surface area contributed by atoms with Gasteiger partial charge in [0.15, 0.2) is 0 Å². The lowest BCUT2D eigenvalue weighted by atomic mass is 9.87. The molecule has 0 saturated carbocycles. The van der Waals surface area contributed by atoms with Crippen LogP contribution in [0.1, 0.15) is 49.4 Å². The Kier molecular flexibility index (Phi) is 4.75. The summed E-state index contributed by atoms with van der Waals surface area (Å²) in [5.74, 6) is 0.399. The zero-order valence-electron chi connectivity index (χ0n) is 13.9. The Hall–Kier alpha value is -2.16. The number of aromatic nitrogens is 1. The third-order valence-electron chi connectivity index (χ3n) is 4.92. The molecule has 3 heteroatoms. The van der Waals surface area contributed by atoms with E-state index in [9.17, 15) is 4.79 Å². The highest BCUT2D eigenvalue weighted by Crippen LogP contribution is 2.36. The van der Waals surface area contributed by atoms with Crippen molar-refractivity contribution in [3.63, 3.8) is 0 Å². The number of rotatable bonds is 4. The van der Waals surface area contributed by atoms with Crippen LogP contribution in [0.4, 0.5) is 0 Å². The molecule has 1 aromatic carbocycles. The molecule has 3 nitrogen and oxygen atoms in total. The Bertz CT molecular complexity index is 664. The molecule has 2 aromatic rings. The predicted octanol–water partition coefficient (Wildman–Crippen LogP) is 3.99. The van der Waals surface area contributed by atoms with Crippen molar-refractivity contribution in [3.8, 4) is 0 Å². The summed E-state index contributed by atoms with van der Waals surface area (Å²) in [5.41, 5.74) is 3.75. The standard InChI is InChI=1S/C20H24N2O/c1-3-15(4-2)20(23)22-14-11-16-7-5-6-8-18(16)19(22)17-9-12-21-13-10-17/h5-10,12-13,15,19H,3-4,11,14H2,1-2H3. The van der Waals surface area contributed by atoms with Crippen LogP contribution in [0.5, 0.6) is 0 Å². The maximum Gasteiger partial charge on any atom is 0.226 e. The molecule has 2 heterocycles. The van der Waals surface area contributed by atoms with Gasteiger partial charge in [0.1, 0.15) is 0 Å². The fourth-order valence-corrected chi connectivity index (χ4v) is 3.58. The van der Waals surface area contributed by atoms with Crippen molar-refractivity contribution in [1.29, 1.82) is 0 Å². The number of fused-ring (bicyclic) bond motifs is 1. The van der Waals surface area contributed by atoms with Gasteiger partial charge in [0.25, 0.3) is 0 Å². The molecule has 1 aliphatic rings.